The van der Waals surface area contributed by atoms with Crippen molar-refractivity contribution in [1.29, 1.82) is 0 Å². The largest absolute Gasteiger partial charge is 0.473 e. The van der Waals surface area contributed by atoms with E-state index >= 15 is 0 Å². The van der Waals surface area contributed by atoms with Crippen molar-refractivity contribution in [3.05, 3.63) is 41.9 Å². The molecule has 0 unspecified atom stereocenters. The lowest BCUT2D eigenvalue weighted by Gasteiger charge is -2.34. The molecule has 1 amide bonds. The molecule has 1 aliphatic heterocycles. The van der Waals surface area contributed by atoms with Crippen LogP contribution in [0.25, 0.3) is 5.82 Å². The molecule has 2 atom stereocenters. The smallest absolute Gasteiger partial charge is 0.395 e. The van der Waals surface area contributed by atoms with Crippen LogP contribution in [0.2, 0.25) is 12.6 Å². The Kier molecular flexibility index (Phi) is 6.76. The number of anilines is 1. The molecule has 1 radical (unpaired) electrons. The molecule has 3 aromatic rings. The first-order valence-corrected chi connectivity index (χ1v) is 16.4. The molecule has 5 rings (SSSR count). The van der Waals surface area contributed by atoms with Gasteiger partial charge in [0.05, 0.1) is 26.0 Å². The fourth-order valence-corrected chi connectivity index (χ4v) is 9.14. The van der Waals surface area contributed by atoms with Gasteiger partial charge in [-0.3, -0.25) is 9.48 Å². The third-order valence-corrected chi connectivity index (χ3v) is 10.7. The van der Waals surface area contributed by atoms with Crippen LogP contribution in [-0.4, -0.2) is 71.7 Å². The number of hydrogen-bond donors (Lipinski definition) is 1. The first-order chi connectivity index (χ1) is 18.5. The summed E-state index contributed by atoms with van der Waals surface area (Å²) < 4.78 is 74.9. The van der Waals surface area contributed by atoms with Crippen molar-refractivity contribution < 1.29 is 31.1 Å². The van der Waals surface area contributed by atoms with Gasteiger partial charge in [0.15, 0.2) is 5.82 Å². The molecule has 4 heterocycles. The standard InChI is InChI=1S/C24H29F3N7O4SSi/c1-14-18(11-32(4)29-14)39(36,37)31-22(35)15-6-7-19(28-21(15)33-13-40(5)12-23(33,2)3)34-9-8-20(30-34)38-17-10-16(17)24(25,26)27/h6-9,11,16-17H,10,12-13H2,1-5H3,(H,31,35)/t16-,17-/m1/s1. The minimum Gasteiger partial charge on any atom is -0.473 e. The summed E-state index contributed by atoms with van der Waals surface area (Å²) >= 11 is 0. The summed E-state index contributed by atoms with van der Waals surface area (Å²) in [7, 11) is -3.42. The van der Waals surface area contributed by atoms with Crippen LogP contribution in [0.1, 0.15) is 36.3 Å². The average Bonchev–Trinajstić information content (AvgIpc) is 3.16. The van der Waals surface area contributed by atoms with Crippen LogP contribution >= 0.6 is 0 Å². The maximum atomic E-state index is 13.4. The van der Waals surface area contributed by atoms with Crippen molar-refractivity contribution in [3.8, 4) is 11.7 Å². The van der Waals surface area contributed by atoms with Crippen LogP contribution in [0.3, 0.4) is 0 Å². The molecular weight excluding hydrogens is 567 g/mol. The van der Waals surface area contributed by atoms with Crippen molar-refractivity contribution in [3.63, 3.8) is 0 Å². The first-order valence-electron chi connectivity index (χ1n) is 12.5. The summed E-state index contributed by atoms with van der Waals surface area (Å²) in [5, 5.41) is 8.27. The molecule has 3 aromatic heterocycles. The lowest BCUT2D eigenvalue weighted by Crippen LogP contribution is -2.41. The van der Waals surface area contributed by atoms with Crippen molar-refractivity contribution >= 4 is 30.5 Å². The van der Waals surface area contributed by atoms with E-state index in [0.29, 0.717) is 12.0 Å². The van der Waals surface area contributed by atoms with E-state index in [-0.39, 0.29) is 39.8 Å². The number of ether oxygens (including phenoxy) is 1. The number of alkyl halides is 3. The topological polar surface area (TPSA) is 124 Å². The zero-order chi connectivity index (χ0) is 29.2. The zero-order valence-electron chi connectivity index (χ0n) is 22.5. The van der Waals surface area contributed by atoms with Crippen molar-refractivity contribution in [1.82, 2.24) is 29.3 Å². The Hall–Kier alpha value is -3.40. The number of aromatic nitrogens is 5. The maximum Gasteiger partial charge on any atom is 0.395 e. The Morgan fingerprint density at radius 2 is 1.95 bits per heavy atom. The molecule has 1 saturated carbocycles. The molecule has 0 aromatic carbocycles. The van der Waals surface area contributed by atoms with Gasteiger partial charge >= 0.3 is 6.18 Å². The molecule has 16 heteroatoms. The third-order valence-electron chi connectivity index (χ3n) is 6.96. The second kappa shape index (κ2) is 9.61. The van der Waals surface area contributed by atoms with Crippen LogP contribution in [0.15, 0.2) is 35.5 Å². The minimum absolute atomic E-state index is 0.0282. The number of amides is 1. The van der Waals surface area contributed by atoms with Crippen molar-refractivity contribution in [2.24, 2.45) is 13.0 Å². The van der Waals surface area contributed by atoms with E-state index in [1.165, 1.54) is 46.9 Å². The predicted molar refractivity (Wildman–Crippen MR) is 140 cm³/mol. The first kappa shape index (κ1) is 28.1. The Morgan fingerprint density at radius 3 is 2.52 bits per heavy atom. The van der Waals surface area contributed by atoms with Gasteiger partial charge in [-0.05, 0) is 45.4 Å². The number of nitrogens with one attached hydrogen (secondary N) is 1. The summed E-state index contributed by atoms with van der Waals surface area (Å²) in [6.45, 7) is 7.78. The summed E-state index contributed by atoms with van der Waals surface area (Å²) in [5.74, 6) is -1.74. The predicted octanol–water partition coefficient (Wildman–Crippen LogP) is 3.02. The number of halogens is 3. The van der Waals surface area contributed by atoms with Gasteiger partial charge in [0.1, 0.15) is 16.8 Å². The number of sulfonamides is 1. The molecule has 0 spiro atoms. The lowest BCUT2D eigenvalue weighted by molar-refractivity contribution is -0.153. The number of hydrogen-bond acceptors (Lipinski definition) is 8. The van der Waals surface area contributed by atoms with Crippen LogP contribution in [-0.2, 0) is 17.1 Å². The SMILES string of the molecule is Cc1nn(C)cc1S(=O)(=O)NC(=O)c1ccc(-n2ccc(O[C@@H]3C[C@H]3C(F)(F)F)n2)nc1N1C[Si](C)CC1(C)C. The number of carbonyl (C=O) groups is 1. The van der Waals surface area contributed by atoms with Crippen molar-refractivity contribution in [2.75, 3.05) is 11.1 Å². The molecule has 0 bridgehead atoms. The van der Waals surface area contributed by atoms with Crippen LogP contribution in [0, 0.1) is 12.8 Å². The van der Waals surface area contributed by atoms with Gasteiger partial charge in [0.2, 0.25) is 5.88 Å². The van der Waals surface area contributed by atoms with E-state index in [0.717, 1.165) is 6.04 Å². The molecule has 2 fully saturated rings. The summed E-state index contributed by atoms with van der Waals surface area (Å²) in [6.07, 6.45) is -1.90. The monoisotopic (exact) mass is 596 g/mol. The van der Waals surface area contributed by atoms with Crippen molar-refractivity contribution in [2.45, 2.75) is 62.5 Å². The highest BCUT2D eigenvalue weighted by molar-refractivity contribution is 7.90. The molecule has 2 aliphatic rings. The molecule has 1 N–H and O–H groups in total. The quantitative estimate of drug-likeness (QED) is 0.413. The van der Waals surface area contributed by atoms with Gasteiger partial charge in [0, 0.05) is 37.2 Å². The summed E-state index contributed by atoms with van der Waals surface area (Å²) in [4.78, 5) is 20.0. The third kappa shape index (κ3) is 5.46. The minimum atomic E-state index is -4.31. The maximum absolute atomic E-state index is 13.4. The van der Waals surface area contributed by atoms with E-state index in [9.17, 15) is 26.4 Å². The number of aryl methyl sites for hydroxylation is 2. The highest BCUT2D eigenvalue weighted by Gasteiger charge is 2.58. The average molecular weight is 597 g/mol. The van der Waals surface area contributed by atoms with Gasteiger partial charge in [-0.2, -0.15) is 18.3 Å². The normalized spacial score (nSPS) is 21.1. The molecule has 40 heavy (non-hydrogen) atoms. The second-order valence-corrected chi connectivity index (χ2v) is 15.1. The Bertz CT molecular complexity index is 1570. The van der Waals surface area contributed by atoms with E-state index in [2.05, 4.69) is 21.5 Å². The highest BCUT2D eigenvalue weighted by atomic mass is 32.2. The Morgan fingerprint density at radius 1 is 1.23 bits per heavy atom. The molecular formula is C24H29F3N7O4SSi. The lowest BCUT2D eigenvalue weighted by atomic mass is 10.1. The number of carbonyl (C=O) groups excluding carboxylic acids is 1. The second-order valence-electron chi connectivity index (χ2n) is 10.9. The summed E-state index contributed by atoms with van der Waals surface area (Å²) in [6, 6.07) is 5.33. The molecule has 11 nitrogen and oxygen atoms in total. The fraction of sp³-hybridized carbons (Fsp3) is 0.500. The van der Waals surface area contributed by atoms with Gasteiger partial charge in [-0.25, -0.2) is 22.8 Å². The van der Waals surface area contributed by atoms with Crippen LogP contribution in [0.4, 0.5) is 19.0 Å². The number of pyridine rings is 1. The Balaban J connectivity index is 1.46. The van der Waals surface area contributed by atoms with E-state index in [4.69, 9.17) is 9.72 Å². The molecule has 1 aliphatic carbocycles. The van der Waals surface area contributed by atoms with Gasteiger partial charge in [-0.15, -0.1) is 5.10 Å². The van der Waals surface area contributed by atoms with E-state index < -0.39 is 42.9 Å². The van der Waals surface area contributed by atoms with Crippen LogP contribution < -0.4 is 14.4 Å². The molecule has 215 valence electrons. The molecule has 1 saturated heterocycles. The summed E-state index contributed by atoms with van der Waals surface area (Å²) in [5.41, 5.74) is -0.0347. The highest BCUT2D eigenvalue weighted by Crippen LogP contribution is 2.46. The van der Waals surface area contributed by atoms with Gasteiger partial charge in [-0.1, -0.05) is 6.55 Å². The number of rotatable bonds is 7. The van der Waals surface area contributed by atoms with E-state index in [1.54, 1.807) is 7.05 Å². The number of nitrogens with zero attached hydrogens (tertiary/aromatic N) is 6. The Labute approximate surface area is 231 Å². The van der Waals surface area contributed by atoms with E-state index in [1.807, 2.05) is 18.7 Å². The van der Waals surface area contributed by atoms with Crippen LogP contribution in [0.5, 0.6) is 5.88 Å². The zero-order valence-corrected chi connectivity index (χ0v) is 24.3. The van der Waals surface area contributed by atoms with Gasteiger partial charge < -0.3 is 9.64 Å². The fourth-order valence-electron chi connectivity index (χ4n) is 5.06. The van der Waals surface area contributed by atoms with Gasteiger partial charge in [0.25, 0.3) is 15.9 Å².